The van der Waals surface area contributed by atoms with Gasteiger partial charge in [-0.2, -0.15) is 13.2 Å². The van der Waals surface area contributed by atoms with Crippen molar-refractivity contribution in [3.05, 3.63) is 35.1 Å². The Morgan fingerprint density at radius 1 is 1.26 bits per heavy atom. The number of aliphatic hydroxyl groups is 1. The SMILES string of the molecule is CN1C2COCC1CC(O)(Cc1cc(F)ccc1C(F)(F)F)C2. The first-order chi connectivity index (χ1) is 10.7. The Balaban J connectivity index is 1.88. The molecule has 0 aromatic heterocycles. The number of alkyl halides is 3. The standard InChI is InChI=1S/C16H19F4NO2/c1-21-12-6-15(22,7-13(21)9-23-8-12)5-10-4-11(17)2-3-14(10)16(18,19)20/h2-4,12-13,22H,5-9H2,1H3. The number of halogens is 4. The zero-order valence-electron chi connectivity index (χ0n) is 12.7. The summed E-state index contributed by atoms with van der Waals surface area (Å²) in [4.78, 5) is 2.11. The largest absolute Gasteiger partial charge is 0.416 e. The monoisotopic (exact) mass is 333 g/mol. The van der Waals surface area contributed by atoms with Crippen LogP contribution in [0, 0.1) is 5.82 Å². The maximum Gasteiger partial charge on any atom is 0.416 e. The Hall–Kier alpha value is -1.18. The van der Waals surface area contributed by atoms with E-state index < -0.39 is 23.2 Å². The number of hydrogen-bond donors (Lipinski definition) is 1. The molecule has 0 radical (unpaired) electrons. The molecule has 7 heteroatoms. The van der Waals surface area contributed by atoms with E-state index in [1.54, 1.807) is 0 Å². The van der Waals surface area contributed by atoms with Gasteiger partial charge in [0, 0.05) is 18.5 Å². The second-order valence-electron chi connectivity index (χ2n) is 6.62. The highest BCUT2D eigenvalue weighted by molar-refractivity contribution is 5.32. The van der Waals surface area contributed by atoms with Gasteiger partial charge in [-0.1, -0.05) is 0 Å². The average Bonchev–Trinajstić information content (AvgIpc) is 2.39. The van der Waals surface area contributed by atoms with Gasteiger partial charge in [0.2, 0.25) is 0 Å². The molecule has 1 aromatic rings. The van der Waals surface area contributed by atoms with Crippen LogP contribution in [-0.2, 0) is 17.3 Å². The maximum absolute atomic E-state index is 13.4. The van der Waals surface area contributed by atoms with Gasteiger partial charge in [0.15, 0.2) is 0 Å². The van der Waals surface area contributed by atoms with Gasteiger partial charge in [-0.25, -0.2) is 4.39 Å². The van der Waals surface area contributed by atoms with E-state index in [9.17, 15) is 22.7 Å². The molecule has 2 aliphatic heterocycles. The lowest BCUT2D eigenvalue weighted by Gasteiger charge is -2.50. The zero-order chi connectivity index (χ0) is 16.8. The van der Waals surface area contributed by atoms with Crippen LogP contribution >= 0.6 is 0 Å². The first-order valence-corrected chi connectivity index (χ1v) is 7.56. The molecule has 2 aliphatic rings. The molecule has 1 aromatic carbocycles. The highest BCUT2D eigenvalue weighted by atomic mass is 19.4. The van der Waals surface area contributed by atoms with Gasteiger partial charge in [-0.05, 0) is 43.7 Å². The normalized spacial score (nSPS) is 32.1. The minimum Gasteiger partial charge on any atom is -0.389 e. The van der Waals surface area contributed by atoms with Crippen molar-refractivity contribution in [2.75, 3.05) is 20.3 Å². The number of fused-ring (bicyclic) bond motifs is 2. The second kappa shape index (κ2) is 5.72. The van der Waals surface area contributed by atoms with Crippen LogP contribution in [0.2, 0.25) is 0 Å². The molecule has 2 fully saturated rings. The molecule has 0 spiro atoms. The summed E-state index contributed by atoms with van der Waals surface area (Å²) >= 11 is 0. The van der Waals surface area contributed by atoms with Gasteiger partial charge in [0.25, 0.3) is 0 Å². The van der Waals surface area contributed by atoms with E-state index in [2.05, 4.69) is 4.90 Å². The number of likely N-dealkylation sites (N-methyl/N-ethyl adjacent to an activating group) is 1. The van der Waals surface area contributed by atoms with E-state index >= 15 is 0 Å². The van der Waals surface area contributed by atoms with Gasteiger partial charge in [0.1, 0.15) is 5.82 Å². The molecular weight excluding hydrogens is 314 g/mol. The van der Waals surface area contributed by atoms with Crippen molar-refractivity contribution in [3.63, 3.8) is 0 Å². The van der Waals surface area contributed by atoms with E-state index in [0.29, 0.717) is 26.1 Å². The summed E-state index contributed by atoms with van der Waals surface area (Å²) in [5.74, 6) is -0.729. The summed E-state index contributed by atoms with van der Waals surface area (Å²) in [5.41, 5.74) is -2.35. The van der Waals surface area contributed by atoms with E-state index in [1.165, 1.54) is 0 Å². The van der Waals surface area contributed by atoms with Crippen LogP contribution in [0.1, 0.15) is 24.0 Å². The van der Waals surface area contributed by atoms with Crippen molar-refractivity contribution in [1.82, 2.24) is 4.90 Å². The number of ether oxygens (including phenoxy) is 1. The summed E-state index contributed by atoms with van der Waals surface area (Å²) in [6.45, 7) is 0.898. The number of morpholine rings is 1. The van der Waals surface area contributed by atoms with Crippen LogP contribution in [0.4, 0.5) is 17.6 Å². The topological polar surface area (TPSA) is 32.7 Å². The molecule has 2 heterocycles. The lowest BCUT2D eigenvalue weighted by molar-refractivity contribution is -0.142. The molecular formula is C16H19F4NO2. The van der Waals surface area contributed by atoms with Gasteiger partial charge < -0.3 is 9.84 Å². The number of benzene rings is 1. The van der Waals surface area contributed by atoms with Crippen molar-refractivity contribution in [2.45, 2.75) is 43.1 Å². The fraction of sp³-hybridized carbons (Fsp3) is 0.625. The molecule has 1 N–H and O–H groups in total. The molecule has 2 unspecified atom stereocenters. The van der Waals surface area contributed by atoms with Crippen molar-refractivity contribution in [3.8, 4) is 0 Å². The summed E-state index contributed by atoms with van der Waals surface area (Å²) in [6, 6.07) is 2.36. The van der Waals surface area contributed by atoms with Gasteiger partial charge in [-0.15, -0.1) is 0 Å². The first kappa shape index (κ1) is 16.7. The number of hydrogen-bond acceptors (Lipinski definition) is 3. The summed E-state index contributed by atoms with van der Waals surface area (Å²) in [5, 5.41) is 10.9. The third-order valence-corrected chi connectivity index (χ3v) is 4.90. The highest BCUT2D eigenvalue weighted by Gasteiger charge is 2.45. The molecule has 23 heavy (non-hydrogen) atoms. The molecule has 2 bridgehead atoms. The molecule has 2 saturated heterocycles. The predicted octanol–water partition coefficient (Wildman–Crippen LogP) is 2.61. The molecule has 3 nitrogen and oxygen atoms in total. The van der Waals surface area contributed by atoms with Crippen molar-refractivity contribution in [2.24, 2.45) is 0 Å². The van der Waals surface area contributed by atoms with E-state index in [1.807, 2.05) is 7.05 Å². The fourth-order valence-corrected chi connectivity index (χ4v) is 3.72. The summed E-state index contributed by atoms with van der Waals surface area (Å²) in [6.07, 6.45) is -4.15. The van der Waals surface area contributed by atoms with Crippen molar-refractivity contribution >= 4 is 0 Å². The molecule has 0 amide bonds. The van der Waals surface area contributed by atoms with Crippen LogP contribution < -0.4 is 0 Å². The molecule has 2 atom stereocenters. The Labute approximate surface area is 131 Å². The first-order valence-electron chi connectivity index (χ1n) is 7.56. The van der Waals surface area contributed by atoms with Crippen LogP contribution in [0.3, 0.4) is 0 Å². The average molecular weight is 333 g/mol. The van der Waals surface area contributed by atoms with Gasteiger partial charge in [-0.3, -0.25) is 4.90 Å². The third kappa shape index (κ3) is 3.36. The third-order valence-electron chi connectivity index (χ3n) is 4.90. The summed E-state index contributed by atoms with van der Waals surface area (Å²) < 4.78 is 58.2. The number of nitrogens with zero attached hydrogens (tertiary/aromatic N) is 1. The lowest BCUT2D eigenvalue weighted by Crippen LogP contribution is -2.60. The predicted molar refractivity (Wildman–Crippen MR) is 75.4 cm³/mol. The molecule has 3 rings (SSSR count). The Morgan fingerprint density at radius 2 is 1.87 bits per heavy atom. The molecule has 128 valence electrons. The van der Waals surface area contributed by atoms with Gasteiger partial charge >= 0.3 is 6.18 Å². The Bertz CT molecular complexity index is 576. The van der Waals surface area contributed by atoms with Crippen LogP contribution in [0.25, 0.3) is 0 Å². The minimum atomic E-state index is -4.57. The van der Waals surface area contributed by atoms with Crippen LogP contribution in [0.5, 0.6) is 0 Å². The van der Waals surface area contributed by atoms with Crippen LogP contribution in [0.15, 0.2) is 18.2 Å². The summed E-state index contributed by atoms with van der Waals surface area (Å²) in [7, 11) is 1.93. The molecule has 0 saturated carbocycles. The number of piperidine rings is 1. The van der Waals surface area contributed by atoms with Crippen LogP contribution in [-0.4, -0.2) is 48.0 Å². The molecule has 0 aliphatic carbocycles. The lowest BCUT2D eigenvalue weighted by atomic mass is 9.77. The Kier molecular flexibility index (Phi) is 4.14. The fourth-order valence-electron chi connectivity index (χ4n) is 3.72. The second-order valence-corrected chi connectivity index (χ2v) is 6.62. The minimum absolute atomic E-state index is 0.0320. The number of rotatable bonds is 2. The van der Waals surface area contributed by atoms with E-state index in [-0.39, 0.29) is 24.1 Å². The van der Waals surface area contributed by atoms with Gasteiger partial charge in [0.05, 0.1) is 24.4 Å². The zero-order valence-corrected chi connectivity index (χ0v) is 12.7. The Morgan fingerprint density at radius 3 is 2.43 bits per heavy atom. The van der Waals surface area contributed by atoms with Crippen molar-refractivity contribution < 1.29 is 27.4 Å². The quantitative estimate of drug-likeness (QED) is 0.845. The van der Waals surface area contributed by atoms with Crippen molar-refractivity contribution in [1.29, 1.82) is 0 Å². The van der Waals surface area contributed by atoms with E-state index in [0.717, 1.165) is 18.2 Å². The maximum atomic E-state index is 13.4. The van der Waals surface area contributed by atoms with E-state index in [4.69, 9.17) is 4.74 Å². The smallest absolute Gasteiger partial charge is 0.389 e. The highest BCUT2D eigenvalue weighted by Crippen LogP contribution is 2.39.